The molecular formula is C8H12O3. The molecular weight excluding hydrogens is 144 g/mol. The highest BCUT2D eigenvalue weighted by atomic mass is 16.5. The Balaban J connectivity index is 2.43. The van der Waals surface area contributed by atoms with Crippen LogP contribution in [0.5, 0.6) is 0 Å². The molecule has 0 saturated carbocycles. The number of rotatable bonds is 2. The predicted octanol–water partition coefficient (Wildman–Crippen LogP) is 1.06. The van der Waals surface area contributed by atoms with Gasteiger partial charge in [-0.2, -0.15) is 0 Å². The minimum Gasteiger partial charge on any atom is -0.462 e. The van der Waals surface area contributed by atoms with E-state index in [0.29, 0.717) is 6.42 Å². The van der Waals surface area contributed by atoms with E-state index >= 15 is 0 Å². The van der Waals surface area contributed by atoms with Crippen LogP contribution in [-0.2, 0) is 14.3 Å². The van der Waals surface area contributed by atoms with E-state index in [1.807, 2.05) is 6.92 Å². The van der Waals surface area contributed by atoms with Crippen LogP contribution in [0.2, 0.25) is 0 Å². The van der Waals surface area contributed by atoms with Gasteiger partial charge in [0.25, 0.3) is 0 Å². The molecule has 0 bridgehead atoms. The topological polar surface area (TPSA) is 43.4 Å². The molecule has 1 aliphatic rings. The van der Waals surface area contributed by atoms with Crippen LogP contribution in [0, 0.1) is 0 Å². The van der Waals surface area contributed by atoms with Crippen molar-refractivity contribution in [3.63, 3.8) is 0 Å². The molecule has 0 aromatic heterocycles. The lowest BCUT2D eigenvalue weighted by molar-refractivity contribution is -0.157. The quantitative estimate of drug-likeness (QED) is 0.443. The number of hydrogen-bond acceptors (Lipinski definition) is 3. The second kappa shape index (κ2) is 3.51. The van der Waals surface area contributed by atoms with Crippen molar-refractivity contribution < 1.29 is 14.3 Å². The molecule has 0 N–H and O–H groups in total. The molecule has 0 spiro atoms. The average molecular weight is 156 g/mol. The lowest BCUT2D eigenvalue weighted by Crippen LogP contribution is -2.29. The van der Waals surface area contributed by atoms with E-state index < -0.39 is 0 Å². The fourth-order valence-corrected chi connectivity index (χ4v) is 1.24. The fourth-order valence-electron chi connectivity index (χ4n) is 1.24. The zero-order valence-electron chi connectivity index (χ0n) is 6.63. The zero-order valence-corrected chi connectivity index (χ0v) is 6.63. The third-order valence-corrected chi connectivity index (χ3v) is 1.71. The molecule has 0 aliphatic carbocycles. The van der Waals surface area contributed by atoms with Crippen molar-refractivity contribution in [2.75, 3.05) is 0 Å². The highest BCUT2D eigenvalue weighted by Crippen LogP contribution is 2.14. The molecule has 1 heterocycles. The molecule has 11 heavy (non-hydrogen) atoms. The van der Waals surface area contributed by atoms with Gasteiger partial charge < -0.3 is 4.74 Å². The number of Topliss-reactive ketones (excluding diaryl/α,β-unsaturated/α-hetero) is 1. The van der Waals surface area contributed by atoms with Gasteiger partial charge in [-0.05, 0) is 6.42 Å². The SMILES string of the molecule is CCCC1CC(=O)CC(=O)O1. The summed E-state index contributed by atoms with van der Waals surface area (Å²) in [5.41, 5.74) is 0. The van der Waals surface area contributed by atoms with Crippen LogP contribution < -0.4 is 0 Å². The monoisotopic (exact) mass is 156 g/mol. The Labute approximate surface area is 65.7 Å². The first-order valence-corrected chi connectivity index (χ1v) is 3.93. The summed E-state index contributed by atoms with van der Waals surface area (Å²) in [6.45, 7) is 2.01. The van der Waals surface area contributed by atoms with Crippen molar-refractivity contribution in [1.82, 2.24) is 0 Å². The number of carbonyl (C=O) groups excluding carboxylic acids is 2. The molecule has 62 valence electrons. The third-order valence-electron chi connectivity index (χ3n) is 1.71. The van der Waals surface area contributed by atoms with Crippen LogP contribution in [0.3, 0.4) is 0 Å². The number of hydrogen-bond donors (Lipinski definition) is 0. The maximum absolute atomic E-state index is 10.9. The van der Waals surface area contributed by atoms with E-state index in [1.165, 1.54) is 0 Å². The summed E-state index contributed by atoms with van der Waals surface area (Å²) < 4.78 is 4.94. The second-order valence-electron chi connectivity index (χ2n) is 2.82. The Morgan fingerprint density at radius 1 is 1.55 bits per heavy atom. The summed E-state index contributed by atoms with van der Waals surface area (Å²) in [4.78, 5) is 21.6. The predicted molar refractivity (Wildman–Crippen MR) is 39.0 cm³/mol. The molecule has 0 aromatic carbocycles. The van der Waals surface area contributed by atoms with Crippen LogP contribution in [0.25, 0.3) is 0 Å². The van der Waals surface area contributed by atoms with Crippen molar-refractivity contribution in [1.29, 1.82) is 0 Å². The molecule has 1 aliphatic heterocycles. The van der Waals surface area contributed by atoms with E-state index in [-0.39, 0.29) is 24.3 Å². The molecule has 1 atom stereocenters. The van der Waals surface area contributed by atoms with Crippen LogP contribution in [0.1, 0.15) is 32.6 Å². The third kappa shape index (κ3) is 2.33. The maximum atomic E-state index is 10.9. The van der Waals surface area contributed by atoms with Gasteiger partial charge in [0, 0.05) is 6.42 Å². The minimum absolute atomic E-state index is 0.0136. The smallest absolute Gasteiger partial charge is 0.313 e. The first kappa shape index (κ1) is 8.24. The summed E-state index contributed by atoms with van der Waals surface area (Å²) in [5.74, 6) is -0.348. The van der Waals surface area contributed by atoms with Crippen LogP contribution in [-0.4, -0.2) is 17.9 Å². The number of carbonyl (C=O) groups is 2. The Morgan fingerprint density at radius 3 is 2.82 bits per heavy atom. The summed E-state index contributed by atoms with van der Waals surface area (Å²) in [6, 6.07) is 0. The van der Waals surface area contributed by atoms with Gasteiger partial charge in [-0.3, -0.25) is 9.59 Å². The second-order valence-corrected chi connectivity index (χ2v) is 2.82. The lowest BCUT2D eigenvalue weighted by atomic mass is 10.0. The van der Waals surface area contributed by atoms with Gasteiger partial charge in [0.2, 0.25) is 0 Å². The molecule has 3 heteroatoms. The van der Waals surface area contributed by atoms with E-state index in [1.54, 1.807) is 0 Å². The molecule has 1 unspecified atom stereocenters. The molecule has 1 saturated heterocycles. The van der Waals surface area contributed by atoms with Gasteiger partial charge >= 0.3 is 5.97 Å². The summed E-state index contributed by atoms with van der Waals surface area (Å²) >= 11 is 0. The normalized spacial score (nSPS) is 25.0. The maximum Gasteiger partial charge on any atom is 0.313 e. The van der Waals surface area contributed by atoms with Gasteiger partial charge in [0.05, 0.1) is 0 Å². The first-order valence-electron chi connectivity index (χ1n) is 3.93. The van der Waals surface area contributed by atoms with Crippen LogP contribution in [0.15, 0.2) is 0 Å². The van der Waals surface area contributed by atoms with E-state index in [2.05, 4.69) is 0 Å². The number of ether oxygens (including phenoxy) is 1. The Kier molecular flexibility index (Phi) is 2.63. The molecule has 1 rings (SSSR count). The van der Waals surface area contributed by atoms with Crippen molar-refractivity contribution in [3.8, 4) is 0 Å². The standard InChI is InChI=1S/C8H12O3/c1-2-3-7-4-6(9)5-8(10)11-7/h7H,2-5H2,1H3. The molecule has 1 fully saturated rings. The van der Waals surface area contributed by atoms with Crippen molar-refractivity contribution >= 4 is 11.8 Å². The fraction of sp³-hybridized carbons (Fsp3) is 0.750. The zero-order chi connectivity index (χ0) is 8.27. The van der Waals surface area contributed by atoms with Crippen molar-refractivity contribution in [2.24, 2.45) is 0 Å². The summed E-state index contributed by atoms with van der Waals surface area (Å²) in [5, 5.41) is 0. The van der Waals surface area contributed by atoms with Gasteiger partial charge in [-0.15, -0.1) is 0 Å². The largest absolute Gasteiger partial charge is 0.462 e. The van der Waals surface area contributed by atoms with Crippen molar-refractivity contribution in [3.05, 3.63) is 0 Å². The number of esters is 1. The lowest BCUT2D eigenvalue weighted by Gasteiger charge is -2.20. The Bertz CT molecular complexity index is 158. The van der Waals surface area contributed by atoms with Gasteiger partial charge in [0.1, 0.15) is 18.3 Å². The van der Waals surface area contributed by atoms with Crippen molar-refractivity contribution in [2.45, 2.75) is 38.7 Å². The van der Waals surface area contributed by atoms with Gasteiger partial charge in [0.15, 0.2) is 0 Å². The molecule has 3 nitrogen and oxygen atoms in total. The molecule has 0 aromatic rings. The van der Waals surface area contributed by atoms with E-state index in [0.717, 1.165) is 12.8 Å². The van der Waals surface area contributed by atoms with E-state index in [4.69, 9.17) is 4.74 Å². The highest BCUT2D eigenvalue weighted by molar-refractivity contribution is 5.97. The highest BCUT2D eigenvalue weighted by Gasteiger charge is 2.25. The van der Waals surface area contributed by atoms with E-state index in [9.17, 15) is 9.59 Å². The number of ketones is 1. The first-order chi connectivity index (χ1) is 5.22. The number of cyclic esters (lactones) is 1. The summed E-state index contributed by atoms with van der Waals surface area (Å²) in [7, 11) is 0. The minimum atomic E-state index is -0.361. The molecule has 0 radical (unpaired) electrons. The Morgan fingerprint density at radius 2 is 2.27 bits per heavy atom. The average Bonchev–Trinajstić information content (AvgIpc) is 1.85. The van der Waals surface area contributed by atoms with Crippen LogP contribution >= 0.6 is 0 Å². The molecule has 0 amide bonds. The summed E-state index contributed by atoms with van der Waals surface area (Å²) in [6.07, 6.45) is 2.00. The Hall–Kier alpha value is -0.860. The van der Waals surface area contributed by atoms with Gasteiger partial charge in [-0.25, -0.2) is 0 Å². The van der Waals surface area contributed by atoms with Crippen LogP contribution in [0.4, 0.5) is 0 Å². The van der Waals surface area contributed by atoms with Gasteiger partial charge in [-0.1, -0.05) is 13.3 Å².